The van der Waals surface area contributed by atoms with Crippen LogP contribution in [-0.4, -0.2) is 22.2 Å². The first-order valence-corrected chi connectivity index (χ1v) is 11.4. The Balaban J connectivity index is 0.000000266. The quantitative estimate of drug-likeness (QED) is 0.150. The van der Waals surface area contributed by atoms with Gasteiger partial charge >= 0.3 is 62.7 Å². The number of anilines is 2. The maximum Gasteiger partial charge on any atom is 1.00 e. The molecule has 2 aliphatic heterocycles. The summed E-state index contributed by atoms with van der Waals surface area (Å²) in [6.45, 7) is 6.14. The molecule has 0 saturated heterocycles. The third-order valence-corrected chi connectivity index (χ3v) is 5.42. The SMILES string of the molecule is CCc1cc2c(cc1[N+](=O)[O-])NCC2.CCc1ccc2c(c1)CCN2.O=NOOS(=O)OO[O-].[K+]. The van der Waals surface area contributed by atoms with Crippen molar-refractivity contribution in [3.8, 4) is 0 Å². The van der Waals surface area contributed by atoms with E-state index in [0.29, 0.717) is 6.42 Å². The fourth-order valence-electron chi connectivity index (χ4n) is 3.49. The molecule has 2 N–H and O–H groups in total. The number of nitrogens with zero attached hydrogens (tertiary/aromatic N) is 2. The van der Waals surface area contributed by atoms with Crippen LogP contribution in [0, 0.1) is 15.0 Å². The second kappa shape index (κ2) is 17.0. The van der Waals surface area contributed by atoms with E-state index in [1.54, 1.807) is 11.4 Å². The summed E-state index contributed by atoms with van der Waals surface area (Å²) in [5, 5.41) is 30.5. The van der Waals surface area contributed by atoms with Gasteiger partial charge in [-0.05, 0) is 58.8 Å². The van der Waals surface area contributed by atoms with E-state index in [2.05, 4.69) is 54.5 Å². The van der Waals surface area contributed by atoms with E-state index in [4.69, 9.17) is 10.2 Å². The van der Waals surface area contributed by atoms with E-state index in [-0.39, 0.29) is 62.0 Å². The number of fused-ring (bicyclic) bond motifs is 2. The summed E-state index contributed by atoms with van der Waals surface area (Å²) in [7, 11) is 0. The minimum absolute atomic E-state index is 0. The second-order valence-electron chi connectivity index (χ2n) is 7.00. The summed E-state index contributed by atoms with van der Waals surface area (Å²) in [4.78, 5) is 22.6. The zero-order valence-corrected chi connectivity index (χ0v) is 23.5. The van der Waals surface area contributed by atoms with Gasteiger partial charge in [0.25, 0.3) is 5.69 Å². The van der Waals surface area contributed by atoms with Gasteiger partial charge in [-0.1, -0.05) is 26.0 Å². The third kappa shape index (κ3) is 10.2. The van der Waals surface area contributed by atoms with Crippen LogP contribution in [0.3, 0.4) is 0 Å². The smallest absolute Gasteiger partial charge is 0.691 e. The largest absolute Gasteiger partial charge is 1.00 e. The molecule has 0 saturated carbocycles. The molecule has 0 bridgehead atoms. The van der Waals surface area contributed by atoms with Crippen molar-refractivity contribution in [2.45, 2.75) is 39.5 Å². The normalized spacial score (nSPS) is 13.1. The monoisotopic (exact) mass is 536 g/mol. The summed E-state index contributed by atoms with van der Waals surface area (Å²) < 4.78 is 16.4. The minimum atomic E-state index is -2.57. The third-order valence-electron chi connectivity index (χ3n) is 5.08. The number of rotatable bonds is 8. The van der Waals surface area contributed by atoms with E-state index in [1.165, 1.54) is 28.8 Å². The van der Waals surface area contributed by atoms with Gasteiger partial charge in [0.1, 0.15) is 0 Å². The molecule has 186 valence electrons. The molecule has 0 amide bonds. The van der Waals surface area contributed by atoms with Gasteiger partial charge in [0.05, 0.1) is 4.92 Å². The van der Waals surface area contributed by atoms with Crippen molar-refractivity contribution in [2.24, 2.45) is 5.34 Å². The molecule has 13 nitrogen and oxygen atoms in total. The predicted octanol–water partition coefficient (Wildman–Crippen LogP) is -0.236. The molecule has 0 aliphatic carbocycles. The van der Waals surface area contributed by atoms with Crippen molar-refractivity contribution in [3.05, 3.63) is 67.6 Å². The van der Waals surface area contributed by atoms with E-state index in [0.717, 1.165) is 37.2 Å². The first-order valence-electron chi connectivity index (χ1n) is 10.4. The van der Waals surface area contributed by atoms with E-state index >= 15 is 0 Å². The molecule has 35 heavy (non-hydrogen) atoms. The van der Waals surface area contributed by atoms with Crippen LogP contribution in [0.4, 0.5) is 17.1 Å². The molecule has 0 spiro atoms. The molecule has 2 aromatic rings. The molecule has 0 aromatic heterocycles. The van der Waals surface area contributed by atoms with Crippen LogP contribution in [0.1, 0.15) is 36.1 Å². The Morgan fingerprint density at radius 2 is 1.69 bits per heavy atom. The molecule has 0 radical (unpaired) electrons. The van der Waals surface area contributed by atoms with E-state index in [1.807, 2.05) is 13.0 Å². The van der Waals surface area contributed by atoms with Crippen LogP contribution in [0.2, 0.25) is 0 Å². The summed E-state index contributed by atoms with van der Waals surface area (Å²) >= 11 is -2.57. The van der Waals surface area contributed by atoms with Crippen molar-refractivity contribution >= 4 is 28.4 Å². The number of aryl methyl sites for hydroxylation is 2. The van der Waals surface area contributed by atoms with Crippen LogP contribution in [-0.2, 0) is 55.7 Å². The minimum Gasteiger partial charge on any atom is -0.691 e. The Bertz CT molecular complexity index is 1010. The van der Waals surface area contributed by atoms with Gasteiger partial charge in [-0.15, -0.1) is 9.24 Å². The summed E-state index contributed by atoms with van der Waals surface area (Å²) in [5.41, 5.74) is 7.47. The van der Waals surface area contributed by atoms with Crippen molar-refractivity contribution in [1.82, 2.24) is 0 Å². The van der Waals surface area contributed by atoms with Gasteiger partial charge in [-0.2, -0.15) is 9.20 Å². The van der Waals surface area contributed by atoms with Crippen LogP contribution in [0.25, 0.3) is 0 Å². The number of nitrogens with one attached hydrogen (secondary N) is 2. The molecular formula is C20H25KN4O9S. The molecule has 2 aliphatic rings. The zero-order valence-electron chi connectivity index (χ0n) is 19.6. The number of nitro benzene ring substituents is 1. The Morgan fingerprint density at radius 1 is 1.03 bits per heavy atom. The van der Waals surface area contributed by atoms with Gasteiger partial charge in [0, 0.05) is 36.1 Å². The number of hydrogen-bond acceptors (Lipinski definition) is 12. The molecular weight excluding hydrogens is 511 g/mol. The van der Waals surface area contributed by atoms with Crippen molar-refractivity contribution < 1.29 is 84.5 Å². The molecule has 1 unspecified atom stereocenters. The Hall–Kier alpha value is -1.53. The fraction of sp³-hybridized carbons (Fsp3) is 0.400. The Labute approximate surface area is 247 Å². The first-order chi connectivity index (χ1) is 16.4. The molecule has 0 fully saturated rings. The van der Waals surface area contributed by atoms with Gasteiger partial charge in [0.2, 0.25) is 0 Å². The molecule has 2 heterocycles. The summed E-state index contributed by atoms with van der Waals surface area (Å²) in [5.74, 6) is 0. The number of hydrogen-bond donors (Lipinski definition) is 2. The second-order valence-corrected chi connectivity index (χ2v) is 7.69. The van der Waals surface area contributed by atoms with Gasteiger partial charge in [-0.3, -0.25) is 15.2 Å². The number of benzene rings is 2. The van der Waals surface area contributed by atoms with Crippen LogP contribution in [0.15, 0.2) is 35.7 Å². The standard InChI is InChI=1S/C10H12N2O2.C10H13N.K.HNO7S/c1-2-7-5-8-3-4-11-9(8)6-10(7)12(13)14;1-2-8-3-4-10-9(7-8)5-6-11-10;;2-1-5-7-9(4)8-6-3/h5-6,11H,2-4H2,1H3;3-4,7,11H,2,5-6H2,1H3;;3H/q;;+1;/p-1. The van der Waals surface area contributed by atoms with Gasteiger partial charge < -0.3 is 15.9 Å². The fourth-order valence-corrected chi connectivity index (χ4v) is 3.63. The van der Waals surface area contributed by atoms with Gasteiger partial charge in [0.15, 0.2) is 5.34 Å². The summed E-state index contributed by atoms with van der Waals surface area (Å²) in [6.07, 6.45) is 4.03. The van der Waals surface area contributed by atoms with Crippen LogP contribution in [0.5, 0.6) is 0 Å². The Kier molecular flexibility index (Phi) is 15.3. The molecule has 1 atom stereocenters. The van der Waals surface area contributed by atoms with Gasteiger partial charge in [-0.25, -0.2) is 0 Å². The van der Waals surface area contributed by atoms with Crippen LogP contribution < -0.4 is 67.3 Å². The van der Waals surface area contributed by atoms with Crippen LogP contribution >= 0.6 is 0 Å². The van der Waals surface area contributed by atoms with Crippen molar-refractivity contribution in [3.63, 3.8) is 0 Å². The van der Waals surface area contributed by atoms with E-state index in [9.17, 15) is 14.3 Å². The first kappa shape index (κ1) is 31.5. The topological polar surface area (TPSA) is 174 Å². The van der Waals surface area contributed by atoms with Crippen molar-refractivity contribution in [1.29, 1.82) is 0 Å². The summed E-state index contributed by atoms with van der Waals surface area (Å²) in [6, 6.07) is 10.3. The molecule has 4 rings (SSSR count). The average Bonchev–Trinajstić information content (AvgIpc) is 3.51. The van der Waals surface area contributed by atoms with Crippen molar-refractivity contribution in [2.75, 3.05) is 23.7 Å². The maximum atomic E-state index is 10.8. The Morgan fingerprint density at radius 3 is 2.26 bits per heavy atom. The molecule has 15 heteroatoms. The van der Waals surface area contributed by atoms with E-state index < -0.39 is 11.4 Å². The molecule has 2 aromatic carbocycles. The predicted molar refractivity (Wildman–Crippen MR) is 121 cm³/mol. The average molecular weight is 537 g/mol. The number of nitro groups is 1. The maximum absolute atomic E-state index is 10.8. The zero-order chi connectivity index (χ0) is 24.9.